The number of aromatic nitrogens is 2. The van der Waals surface area contributed by atoms with Gasteiger partial charge in [0, 0.05) is 6.26 Å². The Balaban J connectivity index is 3.36. The molecule has 0 bridgehead atoms. The molecule has 0 aromatic carbocycles. The number of hydrogen-bond donors (Lipinski definition) is 1. The molecule has 0 aliphatic heterocycles. The number of nitrogens with two attached hydrogens (primary N) is 1. The van der Waals surface area contributed by atoms with E-state index in [0.717, 1.165) is 12.5 Å². The molecule has 13 heavy (non-hydrogen) atoms. The number of anilines is 1. The Labute approximate surface area is 75.0 Å². The summed E-state index contributed by atoms with van der Waals surface area (Å²) in [6.45, 7) is 0. The molecule has 1 rings (SSSR count). The highest BCUT2D eigenvalue weighted by Gasteiger charge is 2.12. The third kappa shape index (κ3) is 1.91. The third-order valence-electron chi connectivity index (χ3n) is 1.25. The van der Waals surface area contributed by atoms with Crippen LogP contribution in [0.5, 0.6) is 0 Å². The fourth-order valence-corrected chi connectivity index (χ4v) is 1.15. The van der Waals surface area contributed by atoms with Crippen molar-refractivity contribution in [1.29, 1.82) is 5.26 Å². The zero-order valence-electron chi connectivity index (χ0n) is 6.72. The second kappa shape index (κ2) is 2.99. The predicted molar refractivity (Wildman–Crippen MR) is 44.3 cm³/mol. The molecule has 1 heterocycles. The summed E-state index contributed by atoms with van der Waals surface area (Å²) in [6, 6.07) is 1.73. The van der Waals surface area contributed by atoms with E-state index in [0.29, 0.717) is 0 Å². The van der Waals surface area contributed by atoms with Crippen molar-refractivity contribution in [1.82, 2.24) is 9.97 Å². The quantitative estimate of drug-likeness (QED) is 0.599. The molecular weight excluding hydrogens is 192 g/mol. The van der Waals surface area contributed by atoms with Gasteiger partial charge in [-0.2, -0.15) is 10.2 Å². The molecule has 0 amide bonds. The van der Waals surface area contributed by atoms with Crippen molar-refractivity contribution in [2.24, 2.45) is 0 Å². The molecule has 0 unspecified atom stereocenters. The normalized spacial score (nSPS) is 10.8. The summed E-state index contributed by atoms with van der Waals surface area (Å²) < 4.78 is 21.8. The van der Waals surface area contributed by atoms with Gasteiger partial charge < -0.3 is 5.73 Å². The fourth-order valence-electron chi connectivity index (χ4n) is 0.643. The van der Waals surface area contributed by atoms with Crippen LogP contribution in [-0.4, -0.2) is 24.6 Å². The first kappa shape index (κ1) is 9.41. The Bertz CT molecular complexity index is 474. The molecule has 1 aromatic rings. The molecule has 0 aliphatic carbocycles. The zero-order chi connectivity index (χ0) is 10.1. The molecular formula is C6H6N4O2S. The van der Waals surface area contributed by atoms with Gasteiger partial charge in [0.1, 0.15) is 17.5 Å². The van der Waals surface area contributed by atoms with E-state index < -0.39 is 9.84 Å². The van der Waals surface area contributed by atoms with Crippen LogP contribution in [0.3, 0.4) is 0 Å². The summed E-state index contributed by atoms with van der Waals surface area (Å²) >= 11 is 0. The van der Waals surface area contributed by atoms with Gasteiger partial charge in [0.25, 0.3) is 0 Å². The monoisotopic (exact) mass is 198 g/mol. The third-order valence-corrected chi connectivity index (χ3v) is 2.11. The summed E-state index contributed by atoms with van der Waals surface area (Å²) in [4.78, 5) is 6.95. The van der Waals surface area contributed by atoms with Crippen LogP contribution in [0.15, 0.2) is 11.4 Å². The van der Waals surface area contributed by atoms with Crippen LogP contribution in [0, 0.1) is 11.3 Å². The van der Waals surface area contributed by atoms with Crippen LogP contribution in [0.25, 0.3) is 0 Å². The van der Waals surface area contributed by atoms with E-state index in [1.165, 1.54) is 0 Å². The number of sulfone groups is 1. The lowest BCUT2D eigenvalue weighted by atomic mass is 10.3. The smallest absolute Gasteiger partial charge is 0.248 e. The molecule has 0 aliphatic rings. The van der Waals surface area contributed by atoms with Crippen LogP contribution < -0.4 is 5.73 Å². The van der Waals surface area contributed by atoms with Gasteiger partial charge in [0.05, 0.1) is 6.20 Å². The largest absolute Gasteiger partial charge is 0.382 e. The number of hydrogen-bond acceptors (Lipinski definition) is 6. The predicted octanol–water partition coefficient (Wildman–Crippen LogP) is -0.666. The van der Waals surface area contributed by atoms with Gasteiger partial charge in [-0.1, -0.05) is 0 Å². The Hall–Kier alpha value is -1.68. The number of nitriles is 1. The van der Waals surface area contributed by atoms with E-state index in [1.807, 2.05) is 0 Å². The average Bonchev–Trinajstić information content (AvgIpc) is 2.02. The molecule has 0 atom stereocenters. The highest BCUT2D eigenvalue weighted by molar-refractivity contribution is 7.90. The van der Waals surface area contributed by atoms with Crippen molar-refractivity contribution in [2.45, 2.75) is 5.16 Å². The topological polar surface area (TPSA) is 110 Å². The first-order chi connectivity index (χ1) is 5.95. The van der Waals surface area contributed by atoms with Gasteiger partial charge in [0.2, 0.25) is 15.0 Å². The minimum atomic E-state index is -3.46. The summed E-state index contributed by atoms with van der Waals surface area (Å²) in [6.07, 6.45) is 2.05. The lowest BCUT2D eigenvalue weighted by molar-refractivity contribution is 0.593. The maximum absolute atomic E-state index is 10.9. The van der Waals surface area contributed by atoms with E-state index >= 15 is 0 Å². The van der Waals surface area contributed by atoms with Crippen LogP contribution in [-0.2, 0) is 9.84 Å². The molecule has 0 saturated carbocycles. The molecule has 0 spiro atoms. The van der Waals surface area contributed by atoms with E-state index in [4.69, 9.17) is 11.0 Å². The molecule has 2 N–H and O–H groups in total. The highest BCUT2D eigenvalue weighted by atomic mass is 32.2. The van der Waals surface area contributed by atoms with Crippen molar-refractivity contribution < 1.29 is 8.42 Å². The molecule has 1 aromatic heterocycles. The first-order valence-corrected chi connectivity index (χ1v) is 5.07. The Morgan fingerprint density at radius 3 is 2.62 bits per heavy atom. The standard InChI is InChI=1S/C6H6N4O2S/c1-13(11,12)6-9-3-4(2-7)5(8)10-6/h3H,1H3,(H2,8,9,10). The lowest BCUT2D eigenvalue weighted by Gasteiger charge is -1.98. The van der Waals surface area contributed by atoms with Crippen molar-refractivity contribution in [3.63, 3.8) is 0 Å². The number of nitrogens with zero attached hydrogens (tertiary/aromatic N) is 3. The molecule has 68 valence electrons. The lowest BCUT2D eigenvalue weighted by Crippen LogP contribution is -2.07. The highest BCUT2D eigenvalue weighted by Crippen LogP contribution is 2.08. The van der Waals surface area contributed by atoms with Crippen molar-refractivity contribution >= 4 is 15.7 Å². The van der Waals surface area contributed by atoms with Crippen LogP contribution in [0.2, 0.25) is 0 Å². The minimum absolute atomic E-state index is 0.0624. The van der Waals surface area contributed by atoms with Gasteiger partial charge in [-0.15, -0.1) is 0 Å². The van der Waals surface area contributed by atoms with Crippen LogP contribution in [0.4, 0.5) is 5.82 Å². The molecule has 0 fully saturated rings. The maximum atomic E-state index is 10.9. The van der Waals surface area contributed by atoms with Gasteiger partial charge in [-0.05, 0) is 0 Å². The van der Waals surface area contributed by atoms with E-state index in [-0.39, 0.29) is 16.5 Å². The van der Waals surface area contributed by atoms with E-state index in [1.54, 1.807) is 6.07 Å². The Morgan fingerprint density at radius 1 is 1.62 bits per heavy atom. The van der Waals surface area contributed by atoms with E-state index in [9.17, 15) is 8.42 Å². The van der Waals surface area contributed by atoms with Crippen molar-refractivity contribution in [3.8, 4) is 6.07 Å². The molecule has 7 heteroatoms. The first-order valence-electron chi connectivity index (χ1n) is 3.18. The molecule has 0 saturated heterocycles. The second-order valence-corrected chi connectivity index (χ2v) is 4.24. The van der Waals surface area contributed by atoms with Gasteiger partial charge >= 0.3 is 0 Å². The molecule has 0 radical (unpaired) electrons. The van der Waals surface area contributed by atoms with Crippen LogP contribution >= 0.6 is 0 Å². The second-order valence-electron chi connectivity index (χ2n) is 2.34. The van der Waals surface area contributed by atoms with Gasteiger partial charge in [-0.3, -0.25) is 0 Å². The summed E-state index contributed by atoms with van der Waals surface area (Å²) in [7, 11) is -3.46. The van der Waals surface area contributed by atoms with E-state index in [2.05, 4.69) is 9.97 Å². The Kier molecular flexibility index (Phi) is 2.16. The maximum Gasteiger partial charge on any atom is 0.248 e. The van der Waals surface area contributed by atoms with Crippen molar-refractivity contribution in [2.75, 3.05) is 12.0 Å². The minimum Gasteiger partial charge on any atom is -0.382 e. The van der Waals surface area contributed by atoms with Crippen LogP contribution in [0.1, 0.15) is 5.56 Å². The Morgan fingerprint density at radius 2 is 2.23 bits per heavy atom. The number of nitrogen functional groups attached to an aromatic ring is 1. The van der Waals surface area contributed by atoms with Crippen molar-refractivity contribution in [3.05, 3.63) is 11.8 Å². The fraction of sp³-hybridized carbons (Fsp3) is 0.167. The molecule has 6 nitrogen and oxygen atoms in total. The zero-order valence-corrected chi connectivity index (χ0v) is 7.54. The SMILES string of the molecule is CS(=O)(=O)c1ncc(C#N)c(N)n1. The number of rotatable bonds is 1. The summed E-state index contributed by atoms with van der Waals surface area (Å²) in [5.41, 5.74) is 5.35. The van der Waals surface area contributed by atoms with Gasteiger partial charge in [0.15, 0.2) is 0 Å². The summed E-state index contributed by atoms with van der Waals surface area (Å²) in [5.74, 6) is -0.127. The average molecular weight is 198 g/mol. The van der Waals surface area contributed by atoms with Gasteiger partial charge in [-0.25, -0.2) is 13.4 Å². The summed E-state index contributed by atoms with van der Waals surface area (Å²) in [5, 5.41) is 8.08.